The van der Waals surface area contributed by atoms with Crippen molar-refractivity contribution in [3.8, 4) is 11.3 Å². The van der Waals surface area contributed by atoms with Gasteiger partial charge in [0.1, 0.15) is 12.4 Å². The molecule has 1 fully saturated rings. The van der Waals surface area contributed by atoms with Crippen molar-refractivity contribution in [2.45, 2.75) is 26.3 Å². The molecule has 2 aliphatic heterocycles. The molecule has 1 aromatic carbocycles. The van der Waals surface area contributed by atoms with E-state index in [1.807, 2.05) is 41.9 Å². The van der Waals surface area contributed by atoms with Crippen molar-refractivity contribution in [3.63, 3.8) is 0 Å². The molecular weight excluding hydrogens is 382 g/mol. The number of carbonyl (C=O) groups excluding carboxylic acids is 2. The van der Waals surface area contributed by atoms with E-state index < -0.39 is 0 Å². The Labute approximate surface area is 176 Å². The van der Waals surface area contributed by atoms with Crippen molar-refractivity contribution in [1.29, 1.82) is 0 Å². The summed E-state index contributed by atoms with van der Waals surface area (Å²) >= 11 is 0. The number of ether oxygens (including phenoxy) is 1. The molecule has 1 saturated heterocycles. The summed E-state index contributed by atoms with van der Waals surface area (Å²) in [6.07, 6.45) is 1.24. The highest BCUT2D eigenvalue weighted by molar-refractivity contribution is 5.99. The first-order valence-corrected chi connectivity index (χ1v) is 10.6. The molecule has 1 aromatic heterocycles. The van der Waals surface area contributed by atoms with Gasteiger partial charge >= 0.3 is 0 Å². The number of hydrogen-bond acceptors (Lipinski definition) is 5. The first kappa shape index (κ1) is 20.6. The summed E-state index contributed by atoms with van der Waals surface area (Å²) < 4.78 is 7.18. The second-order valence-electron chi connectivity index (χ2n) is 7.81. The van der Waals surface area contributed by atoms with Crippen LogP contribution in [0, 0.1) is 6.92 Å². The van der Waals surface area contributed by atoms with Gasteiger partial charge < -0.3 is 10.1 Å². The molecule has 2 amide bonds. The topological polar surface area (TPSA) is 79.7 Å². The van der Waals surface area contributed by atoms with Crippen LogP contribution in [0.4, 0.5) is 5.82 Å². The van der Waals surface area contributed by atoms with Crippen LogP contribution in [-0.2, 0) is 20.9 Å². The molecule has 30 heavy (non-hydrogen) atoms. The van der Waals surface area contributed by atoms with E-state index in [4.69, 9.17) is 4.74 Å². The molecule has 0 radical (unpaired) electrons. The highest BCUT2D eigenvalue weighted by Crippen LogP contribution is 2.29. The zero-order chi connectivity index (χ0) is 20.9. The molecule has 160 valence electrons. The summed E-state index contributed by atoms with van der Waals surface area (Å²) in [4.78, 5) is 28.9. The van der Waals surface area contributed by atoms with E-state index in [0.717, 1.165) is 56.1 Å². The minimum absolute atomic E-state index is 0.0231. The number of rotatable bonds is 7. The summed E-state index contributed by atoms with van der Waals surface area (Å²) in [5.74, 6) is 0.507. The average Bonchev–Trinajstić information content (AvgIpc) is 3.19. The normalized spacial score (nSPS) is 17.1. The standard InChI is InChI=1S/C22H29N5O3/c1-17-5-2-3-6-18(17)19-15-21-26(22(29)7-10-27(21)24-19)16-20(28)23-8-4-9-25-11-13-30-14-12-25/h2-3,5-6,15H,4,7-14,16H2,1H3,(H,23,28). The van der Waals surface area contributed by atoms with Gasteiger partial charge in [0.25, 0.3) is 0 Å². The summed E-state index contributed by atoms with van der Waals surface area (Å²) in [5, 5.41) is 7.62. The molecule has 8 heteroatoms. The number of aromatic nitrogens is 2. The third kappa shape index (κ3) is 4.71. The smallest absolute Gasteiger partial charge is 0.240 e. The number of benzene rings is 1. The Morgan fingerprint density at radius 3 is 2.80 bits per heavy atom. The third-order valence-electron chi connectivity index (χ3n) is 5.67. The minimum Gasteiger partial charge on any atom is -0.379 e. The van der Waals surface area contributed by atoms with Crippen LogP contribution >= 0.6 is 0 Å². The van der Waals surface area contributed by atoms with Gasteiger partial charge in [0.05, 0.1) is 25.5 Å². The van der Waals surface area contributed by atoms with Crippen molar-refractivity contribution in [3.05, 3.63) is 35.9 Å². The maximum Gasteiger partial charge on any atom is 0.240 e. The fourth-order valence-corrected chi connectivity index (χ4v) is 3.97. The summed E-state index contributed by atoms with van der Waals surface area (Å²) in [5.41, 5.74) is 3.00. The zero-order valence-corrected chi connectivity index (χ0v) is 17.5. The predicted molar refractivity (Wildman–Crippen MR) is 114 cm³/mol. The maximum atomic E-state index is 12.5. The fourth-order valence-electron chi connectivity index (χ4n) is 3.97. The first-order chi connectivity index (χ1) is 14.6. The van der Waals surface area contributed by atoms with Crippen LogP contribution in [0.25, 0.3) is 11.3 Å². The number of anilines is 1. The number of carbonyl (C=O) groups is 2. The molecule has 2 aliphatic rings. The summed E-state index contributed by atoms with van der Waals surface area (Å²) in [6, 6.07) is 9.95. The highest BCUT2D eigenvalue weighted by atomic mass is 16.5. The largest absolute Gasteiger partial charge is 0.379 e. The predicted octanol–water partition coefficient (Wildman–Crippen LogP) is 1.43. The van der Waals surface area contributed by atoms with Gasteiger partial charge in [0, 0.05) is 37.7 Å². The molecule has 0 spiro atoms. The van der Waals surface area contributed by atoms with Crippen molar-refractivity contribution >= 4 is 17.6 Å². The monoisotopic (exact) mass is 411 g/mol. The number of amides is 2. The van der Waals surface area contributed by atoms with Gasteiger partial charge in [-0.05, 0) is 25.5 Å². The van der Waals surface area contributed by atoms with E-state index in [1.165, 1.54) is 0 Å². The van der Waals surface area contributed by atoms with E-state index in [0.29, 0.717) is 25.3 Å². The molecule has 0 atom stereocenters. The number of fused-ring (bicyclic) bond motifs is 1. The van der Waals surface area contributed by atoms with E-state index in [-0.39, 0.29) is 18.4 Å². The van der Waals surface area contributed by atoms with Crippen LogP contribution in [0.5, 0.6) is 0 Å². The SMILES string of the molecule is Cc1ccccc1-c1cc2n(n1)CCC(=O)N2CC(=O)NCCCN1CCOCC1. The molecule has 0 saturated carbocycles. The molecule has 4 rings (SSSR count). The number of aryl methyl sites for hydroxylation is 2. The van der Waals surface area contributed by atoms with E-state index in [2.05, 4.69) is 15.3 Å². The van der Waals surface area contributed by atoms with Gasteiger partial charge in [0.2, 0.25) is 11.8 Å². The van der Waals surface area contributed by atoms with Gasteiger partial charge in [-0.3, -0.25) is 19.4 Å². The van der Waals surface area contributed by atoms with Crippen LogP contribution in [0.1, 0.15) is 18.4 Å². The Kier molecular flexibility index (Phi) is 6.44. The van der Waals surface area contributed by atoms with Gasteiger partial charge in [-0.25, -0.2) is 4.68 Å². The lowest BCUT2D eigenvalue weighted by molar-refractivity contribution is -0.124. The Hall–Kier alpha value is -2.71. The van der Waals surface area contributed by atoms with Crippen molar-refractivity contribution in [2.24, 2.45) is 0 Å². The van der Waals surface area contributed by atoms with E-state index in [1.54, 1.807) is 4.90 Å². The van der Waals surface area contributed by atoms with E-state index >= 15 is 0 Å². The van der Waals surface area contributed by atoms with Crippen molar-refractivity contribution in [1.82, 2.24) is 20.0 Å². The van der Waals surface area contributed by atoms with Gasteiger partial charge in [-0.1, -0.05) is 24.3 Å². The highest BCUT2D eigenvalue weighted by Gasteiger charge is 2.28. The molecule has 0 aliphatic carbocycles. The Bertz CT molecular complexity index is 904. The van der Waals surface area contributed by atoms with E-state index in [9.17, 15) is 9.59 Å². The number of hydrogen-bond donors (Lipinski definition) is 1. The quantitative estimate of drug-likeness (QED) is 0.698. The minimum atomic E-state index is -0.141. The summed E-state index contributed by atoms with van der Waals surface area (Å²) in [6.45, 7) is 7.61. The molecule has 3 heterocycles. The van der Waals surface area contributed by atoms with Gasteiger partial charge in [-0.2, -0.15) is 5.10 Å². The number of nitrogens with one attached hydrogen (secondary N) is 1. The molecule has 0 bridgehead atoms. The van der Waals surface area contributed by atoms with Crippen LogP contribution in [0.15, 0.2) is 30.3 Å². The molecule has 1 N–H and O–H groups in total. The third-order valence-corrected chi connectivity index (χ3v) is 5.67. The number of morpholine rings is 1. The van der Waals surface area contributed by atoms with Crippen molar-refractivity contribution < 1.29 is 14.3 Å². The maximum absolute atomic E-state index is 12.5. The average molecular weight is 412 g/mol. The van der Waals surface area contributed by atoms with Crippen LogP contribution in [0.3, 0.4) is 0 Å². The summed E-state index contributed by atoms with van der Waals surface area (Å²) in [7, 11) is 0. The van der Waals surface area contributed by atoms with Crippen LogP contribution < -0.4 is 10.2 Å². The lowest BCUT2D eigenvalue weighted by Gasteiger charge is -2.27. The Morgan fingerprint density at radius 1 is 1.20 bits per heavy atom. The first-order valence-electron chi connectivity index (χ1n) is 10.6. The van der Waals surface area contributed by atoms with Crippen LogP contribution in [-0.4, -0.2) is 72.4 Å². The Balaban J connectivity index is 1.35. The molecular formula is C22H29N5O3. The second-order valence-corrected chi connectivity index (χ2v) is 7.81. The van der Waals surface area contributed by atoms with Crippen molar-refractivity contribution in [2.75, 3.05) is 50.8 Å². The van der Waals surface area contributed by atoms with Gasteiger partial charge in [0.15, 0.2) is 0 Å². The lowest BCUT2D eigenvalue weighted by Crippen LogP contribution is -2.45. The fraction of sp³-hybridized carbons (Fsp3) is 0.500. The number of nitrogens with zero attached hydrogens (tertiary/aromatic N) is 4. The molecule has 2 aromatic rings. The molecule has 8 nitrogen and oxygen atoms in total. The zero-order valence-electron chi connectivity index (χ0n) is 17.5. The lowest BCUT2D eigenvalue weighted by atomic mass is 10.1. The van der Waals surface area contributed by atoms with Crippen LogP contribution in [0.2, 0.25) is 0 Å². The molecule has 0 unspecified atom stereocenters. The second kappa shape index (κ2) is 9.40. The van der Waals surface area contributed by atoms with Gasteiger partial charge in [-0.15, -0.1) is 0 Å². The Morgan fingerprint density at radius 2 is 2.00 bits per heavy atom.